The summed E-state index contributed by atoms with van der Waals surface area (Å²) in [6.45, 7) is 4.94. The third-order valence-corrected chi connectivity index (χ3v) is 4.75. The quantitative estimate of drug-likeness (QED) is 0.593. The summed E-state index contributed by atoms with van der Waals surface area (Å²) in [5, 5.41) is 9.64. The number of aromatic nitrogens is 2. The summed E-state index contributed by atoms with van der Waals surface area (Å²) in [5.74, 6) is 0.493. The average molecular weight is 374 g/mol. The SMILES string of the molecule is CCC1CCCCN1CCNC(=NC)NCc1cn(C)nc1C(F)(F)F. The van der Waals surface area contributed by atoms with E-state index in [1.54, 1.807) is 7.05 Å². The van der Waals surface area contributed by atoms with Crippen molar-refractivity contribution in [2.45, 2.75) is 51.4 Å². The Morgan fingerprint density at radius 3 is 2.77 bits per heavy atom. The van der Waals surface area contributed by atoms with Crippen molar-refractivity contribution in [1.29, 1.82) is 0 Å². The van der Waals surface area contributed by atoms with Crippen LogP contribution in [0.1, 0.15) is 43.9 Å². The molecule has 148 valence electrons. The number of nitrogens with zero attached hydrogens (tertiary/aromatic N) is 4. The van der Waals surface area contributed by atoms with Crippen LogP contribution in [0, 0.1) is 0 Å². The molecule has 1 fully saturated rings. The Morgan fingerprint density at radius 1 is 1.35 bits per heavy atom. The van der Waals surface area contributed by atoms with Crippen molar-refractivity contribution in [3.05, 3.63) is 17.5 Å². The van der Waals surface area contributed by atoms with Crippen LogP contribution in [0.4, 0.5) is 13.2 Å². The number of likely N-dealkylation sites (tertiary alicyclic amines) is 1. The van der Waals surface area contributed by atoms with Crippen molar-refractivity contribution in [3.63, 3.8) is 0 Å². The standard InChI is InChI=1S/C17H29F3N6/c1-4-14-7-5-6-9-26(14)10-8-22-16(21-2)23-11-13-12-25(3)24-15(13)17(18,19)20/h12,14H,4-11H2,1-3H3,(H2,21,22,23). The van der Waals surface area contributed by atoms with Gasteiger partial charge in [-0.3, -0.25) is 14.6 Å². The van der Waals surface area contributed by atoms with Crippen LogP contribution in [0.15, 0.2) is 11.2 Å². The largest absolute Gasteiger partial charge is 0.435 e. The predicted molar refractivity (Wildman–Crippen MR) is 95.9 cm³/mol. The summed E-state index contributed by atoms with van der Waals surface area (Å²) < 4.78 is 40.2. The van der Waals surface area contributed by atoms with Gasteiger partial charge < -0.3 is 10.6 Å². The van der Waals surface area contributed by atoms with Crippen LogP contribution in [0.3, 0.4) is 0 Å². The van der Waals surface area contributed by atoms with E-state index in [0.29, 0.717) is 18.5 Å². The lowest BCUT2D eigenvalue weighted by molar-refractivity contribution is -0.142. The topological polar surface area (TPSA) is 57.5 Å². The van der Waals surface area contributed by atoms with Gasteiger partial charge in [-0.05, 0) is 25.8 Å². The summed E-state index contributed by atoms with van der Waals surface area (Å²) in [6.07, 6.45) is 1.82. The molecule has 1 unspecified atom stereocenters. The van der Waals surface area contributed by atoms with Crippen molar-refractivity contribution in [1.82, 2.24) is 25.3 Å². The lowest BCUT2D eigenvalue weighted by Gasteiger charge is -2.35. The number of hydrogen-bond donors (Lipinski definition) is 2. The van der Waals surface area contributed by atoms with Gasteiger partial charge in [-0.1, -0.05) is 13.3 Å². The lowest BCUT2D eigenvalue weighted by Crippen LogP contribution is -2.45. The van der Waals surface area contributed by atoms with E-state index in [0.717, 1.165) is 19.5 Å². The van der Waals surface area contributed by atoms with Crippen LogP contribution in [-0.2, 0) is 19.8 Å². The van der Waals surface area contributed by atoms with Crippen LogP contribution >= 0.6 is 0 Å². The van der Waals surface area contributed by atoms with Crippen LogP contribution in [0.25, 0.3) is 0 Å². The van der Waals surface area contributed by atoms with Crippen LogP contribution < -0.4 is 10.6 Å². The second-order valence-electron chi connectivity index (χ2n) is 6.62. The van der Waals surface area contributed by atoms with Crippen molar-refractivity contribution in [3.8, 4) is 0 Å². The third-order valence-electron chi connectivity index (χ3n) is 4.75. The monoisotopic (exact) mass is 374 g/mol. The first-order chi connectivity index (χ1) is 12.3. The molecule has 0 aliphatic carbocycles. The molecule has 2 heterocycles. The Morgan fingerprint density at radius 2 is 2.12 bits per heavy atom. The molecule has 1 aromatic rings. The fourth-order valence-corrected chi connectivity index (χ4v) is 3.44. The van der Waals surface area contributed by atoms with Crippen molar-refractivity contribution in [2.24, 2.45) is 12.0 Å². The van der Waals surface area contributed by atoms with E-state index in [9.17, 15) is 13.2 Å². The molecule has 0 amide bonds. The molecule has 0 saturated carbocycles. The molecule has 0 aromatic carbocycles. The van der Waals surface area contributed by atoms with E-state index < -0.39 is 11.9 Å². The smallest absolute Gasteiger partial charge is 0.355 e. The number of hydrogen-bond acceptors (Lipinski definition) is 3. The van der Waals surface area contributed by atoms with Gasteiger partial charge in [0.1, 0.15) is 0 Å². The van der Waals surface area contributed by atoms with E-state index in [2.05, 4.69) is 32.5 Å². The minimum atomic E-state index is -4.46. The van der Waals surface area contributed by atoms with Gasteiger partial charge >= 0.3 is 6.18 Å². The van der Waals surface area contributed by atoms with Crippen LogP contribution in [-0.4, -0.2) is 53.4 Å². The molecule has 2 rings (SSSR count). The molecule has 9 heteroatoms. The molecule has 0 radical (unpaired) electrons. The Kier molecular flexibility index (Phi) is 7.31. The van der Waals surface area contributed by atoms with Crippen LogP contribution in [0.2, 0.25) is 0 Å². The van der Waals surface area contributed by atoms with Crippen molar-refractivity contribution < 1.29 is 13.2 Å². The summed E-state index contributed by atoms with van der Waals surface area (Å²) >= 11 is 0. The maximum absolute atomic E-state index is 13.0. The van der Waals surface area contributed by atoms with Gasteiger partial charge in [0, 0.05) is 51.5 Å². The molecule has 1 aliphatic rings. The maximum Gasteiger partial charge on any atom is 0.435 e. The maximum atomic E-state index is 13.0. The van der Waals surface area contributed by atoms with Gasteiger partial charge in [0.2, 0.25) is 0 Å². The summed E-state index contributed by atoms with van der Waals surface area (Å²) in [7, 11) is 3.09. The molecule has 0 bridgehead atoms. The number of halogens is 3. The van der Waals surface area contributed by atoms with Crippen molar-refractivity contribution in [2.75, 3.05) is 26.7 Å². The molecule has 26 heavy (non-hydrogen) atoms. The first kappa shape index (κ1) is 20.5. The Balaban J connectivity index is 1.83. The number of guanidine groups is 1. The third kappa shape index (κ3) is 5.62. The molecule has 2 N–H and O–H groups in total. The van der Waals surface area contributed by atoms with Crippen LogP contribution in [0.5, 0.6) is 0 Å². The predicted octanol–water partition coefficient (Wildman–Crippen LogP) is 2.37. The first-order valence-corrected chi connectivity index (χ1v) is 9.13. The van der Waals surface area contributed by atoms with Crippen molar-refractivity contribution >= 4 is 5.96 Å². The summed E-state index contributed by atoms with van der Waals surface area (Å²) in [4.78, 5) is 6.57. The van der Waals surface area contributed by atoms with Gasteiger partial charge in [0.15, 0.2) is 11.7 Å². The molecule has 1 aromatic heterocycles. The second-order valence-corrected chi connectivity index (χ2v) is 6.62. The van der Waals surface area contributed by atoms with E-state index >= 15 is 0 Å². The zero-order valence-corrected chi connectivity index (χ0v) is 15.7. The Bertz CT molecular complexity index is 596. The van der Waals surface area contributed by atoms with E-state index in [4.69, 9.17) is 0 Å². The highest BCUT2D eigenvalue weighted by Gasteiger charge is 2.36. The number of piperidine rings is 1. The van der Waals surface area contributed by atoms with E-state index in [1.165, 1.54) is 37.2 Å². The highest BCUT2D eigenvalue weighted by molar-refractivity contribution is 5.79. The summed E-state index contributed by atoms with van der Waals surface area (Å²) in [6, 6.07) is 0.630. The second kappa shape index (κ2) is 9.25. The van der Waals surface area contributed by atoms with E-state index in [-0.39, 0.29) is 12.1 Å². The molecular weight excluding hydrogens is 345 g/mol. The molecule has 6 nitrogen and oxygen atoms in total. The highest BCUT2D eigenvalue weighted by Crippen LogP contribution is 2.30. The molecule has 0 spiro atoms. The fourth-order valence-electron chi connectivity index (χ4n) is 3.44. The van der Waals surface area contributed by atoms with Gasteiger partial charge in [0.05, 0.1) is 0 Å². The first-order valence-electron chi connectivity index (χ1n) is 9.13. The van der Waals surface area contributed by atoms with Gasteiger partial charge in [0.25, 0.3) is 0 Å². The minimum absolute atomic E-state index is 0.0175. The number of rotatable bonds is 6. The Labute approximate surface area is 152 Å². The van der Waals surface area contributed by atoms with Gasteiger partial charge in [-0.25, -0.2) is 0 Å². The lowest BCUT2D eigenvalue weighted by atomic mass is 10.0. The summed E-state index contributed by atoms with van der Waals surface area (Å²) in [5.41, 5.74) is -0.757. The number of aryl methyl sites for hydroxylation is 1. The van der Waals surface area contributed by atoms with Gasteiger partial charge in [-0.2, -0.15) is 18.3 Å². The highest BCUT2D eigenvalue weighted by atomic mass is 19.4. The molecular formula is C17H29F3N6. The Hall–Kier alpha value is -1.77. The van der Waals surface area contributed by atoms with E-state index in [1.807, 2.05) is 0 Å². The molecule has 1 atom stereocenters. The molecule has 1 aliphatic heterocycles. The fraction of sp³-hybridized carbons (Fsp3) is 0.765. The minimum Gasteiger partial charge on any atom is -0.355 e. The number of alkyl halides is 3. The molecule has 1 saturated heterocycles. The zero-order chi connectivity index (χ0) is 19.2. The number of nitrogens with one attached hydrogen (secondary N) is 2. The van der Waals surface area contributed by atoms with Gasteiger partial charge in [-0.15, -0.1) is 0 Å². The average Bonchev–Trinajstić information content (AvgIpc) is 2.99. The number of aliphatic imine (C=N–C) groups is 1. The zero-order valence-electron chi connectivity index (χ0n) is 15.7. The normalized spacial score (nSPS) is 19.6.